The molecule has 0 saturated carbocycles. The number of nitrogens with two attached hydrogens (primary N) is 1. The summed E-state index contributed by atoms with van der Waals surface area (Å²) < 4.78 is 5.37. The highest BCUT2D eigenvalue weighted by molar-refractivity contribution is 4.89. The maximum absolute atomic E-state index is 5.37. The lowest BCUT2D eigenvalue weighted by Crippen LogP contribution is -3.14. The van der Waals surface area contributed by atoms with Crippen LogP contribution in [0.3, 0.4) is 0 Å². The smallest absolute Gasteiger partial charge is 0.101 e. The maximum atomic E-state index is 5.37. The van der Waals surface area contributed by atoms with E-state index in [2.05, 4.69) is 17.5 Å². The molecule has 0 aromatic heterocycles. The van der Waals surface area contributed by atoms with Crippen LogP contribution in [0.5, 0.6) is 0 Å². The first-order valence-corrected chi connectivity index (χ1v) is 7.33. The van der Waals surface area contributed by atoms with E-state index in [9.17, 15) is 0 Å². The van der Waals surface area contributed by atoms with Crippen LogP contribution in [0.25, 0.3) is 0 Å². The summed E-state index contributed by atoms with van der Waals surface area (Å²) >= 11 is 0. The third-order valence-electron chi connectivity index (χ3n) is 4.02. The van der Waals surface area contributed by atoms with E-state index in [-0.39, 0.29) is 0 Å². The van der Waals surface area contributed by atoms with E-state index in [1.165, 1.54) is 58.4 Å². The highest BCUT2D eigenvalue weighted by atomic mass is 16.5. The number of nitrogens with one attached hydrogen (secondary N) is 1. The Morgan fingerprint density at radius 1 is 1.24 bits per heavy atom. The Labute approximate surface area is 105 Å². The number of quaternary nitrogens is 2. The minimum absolute atomic E-state index is 0.940. The standard InChI is InChI=1S/C14H26N2O/c1-2-5-14(6-3-1)13-15-7-4-8-16-9-11-17-12-10-16/h1-2,14-15H,3-13H2/p+2/t14-/m1/s1. The second-order valence-corrected chi connectivity index (χ2v) is 5.43. The quantitative estimate of drug-likeness (QED) is 0.463. The van der Waals surface area contributed by atoms with Gasteiger partial charge in [-0.2, -0.15) is 0 Å². The van der Waals surface area contributed by atoms with E-state index in [4.69, 9.17) is 4.74 Å². The first kappa shape index (κ1) is 13.1. The first-order valence-electron chi connectivity index (χ1n) is 7.33. The molecule has 2 rings (SSSR count). The van der Waals surface area contributed by atoms with Crippen molar-refractivity contribution in [1.29, 1.82) is 0 Å². The van der Waals surface area contributed by atoms with Crippen molar-refractivity contribution in [2.24, 2.45) is 5.92 Å². The third-order valence-corrected chi connectivity index (χ3v) is 4.02. The van der Waals surface area contributed by atoms with Crippen molar-refractivity contribution >= 4 is 0 Å². The SMILES string of the molecule is C1=CC[C@@H](C[NH2+]CCC[NH+]2CCOCC2)CC1. The minimum atomic E-state index is 0.940. The molecule has 1 saturated heterocycles. The molecule has 0 spiro atoms. The van der Waals surface area contributed by atoms with Gasteiger partial charge < -0.3 is 15.0 Å². The predicted molar refractivity (Wildman–Crippen MR) is 69.1 cm³/mol. The van der Waals surface area contributed by atoms with Crippen LogP contribution >= 0.6 is 0 Å². The lowest BCUT2D eigenvalue weighted by molar-refractivity contribution is -0.909. The van der Waals surface area contributed by atoms with Crippen LogP contribution < -0.4 is 10.2 Å². The summed E-state index contributed by atoms with van der Waals surface area (Å²) in [5, 5.41) is 2.53. The molecule has 0 bridgehead atoms. The topological polar surface area (TPSA) is 30.3 Å². The van der Waals surface area contributed by atoms with E-state index < -0.39 is 0 Å². The van der Waals surface area contributed by atoms with Crippen LogP contribution in [0.2, 0.25) is 0 Å². The van der Waals surface area contributed by atoms with Crippen LogP contribution in [0.1, 0.15) is 25.7 Å². The van der Waals surface area contributed by atoms with Gasteiger partial charge in [-0.15, -0.1) is 0 Å². The molecule has 0 aromatic rings. The van der Waals surface area contributed by atoms with Crippen molar-refractivity contribution < 1.29 is 15.0 Å². The van der Waals surface area contributed by atoms with Gasteiger partial charge in [0.15, 0.2) is 0 Å². The molecule has 0 aromatic carbocycles. The van der Waals surface area contributed by atoms with Gasteiger partial charge in [-0.05, 0) is 19.3 Å². The van der Waals surface area contributed by atoms with Crippen molar-refractivity contribution in [3.05, 3.63) is 12.2 Å². The average molecular weight is 240 g/mol. The maximum Gasteiger partial charge on any atom is 0.101 e. The highest BCUT2D eigenvalue weighted by Crippen LogP contribution is 2.15. The number of rotatable bonds is 6. The van der Waals surface area contributed by atoms with Crippen molar-refractivity contribution in [2.75, 3.05) is 45.9 Å². The van der Waals surface area contributed by atoms with Crippen molar-refractivity contribution in [2.45, 2.75) is 25.7 Å². The van der Waals surface area contributed by atoms with Gasteiger partial charge in [0, 0.05) is 12.3 Å². The molecule has 1 fully saturated rings. The summed E-state index contributed by atoms with van der Waals surface area (Å²) in [5.41, 5.74) is 0. The Kier molecular flexibility index (Phi) is 6.03. The first-order chi connectivity index (χ1) is 8.45. The molecule has 1 aliphatic heterocycles. The Balaban J connectivity index is 1.44. The monoisotopic (exact) mass is 240 g/mol. The van der Waals surface area contributed by atoms with E-state index in [1.807, 2.05) is 0 Å². The Morgan fingerprint density at radius 3 is 2.88 bits per heavy atom. The van der Waals surface area contributed by atoms with E-state index >= 15 is 0 Å². The molecule has 0 unspecified atom stereocenters. The van der Waals surface area contributed by atoms with Gasteiger partial charge in [0.1, 0.15) is 13.1 Å². The predicted octanol–water partition coefficient (Wildman–Crippen LogP) is -0.789. The molecule has 2 aliphatic rings. The average Bonchev–Trinajstić information content (AvgIpc) is 2.41. The number of hydrogen-bond acceptors (Lipinski definition) is 1. The molecule has 1 heterocycles. The molecular formula is C14H28N2O+2. The van der Waals surface area contributed by atoms with Gasteiger partial charge in [-0.3, -0.25) is 0 Å². The highest BCUT2D eigenvalue weighted by Gasteiger charge is 2.14. The number of allylic oxidation sites excluding steroid dienone is 2. The minimum Gasteiger partial charge on any atom is -0.370 e. The van der Waals surface area contributed by atoms with E-state index in [1.54, 1.807) is 4.90 Å². The van der Waals surface area contributed by atoms with Crippen molar-refractivity contribution in [3.8, 4) is 0 Å². The van der Waals surface area contributed by atoms with Crippen LogP contribution in [0, 0.1) is 5.92 Å². The van der Waals surface area contributed by atoms with Crippen LogP contribution in [-0.2, 0) is 4.74 Å². The molecule has 1 aliphatic carbocycles. The largest absolute Gasteiger partial charge is 0.370 e. The fourth-order valence-electron chi connectivity index (χ4n) is 2.83. The van der Waals surface area contributed by atoms with Crippen LogP contribution in [0.15, 0.2) is 12.2 Å². The van der Waals surface area contributed by atoms with Gasteiger partial charge in [-0.25, -0.2) is 0 Å². The Bertz CT molecular complexity index is 224. The fourth-order valence-corrected chi connectivity index (χ4v) is 2.83. The summed E-state index contributed by atoms with van der Waals surface area (Å²) in [6, 6.07) is 0. The van der Waals surface area contributed by atoms with Crippen molar-refractivity contribution in [1.82, 2.24) is 0 Å². The molecule has 0 radical (unpaired) electrons. The Hall–Kier alpha value is -0.380. The molecule has 0 amide bonds. The van der Waals surface area contributed by atoms with Gasteiger partial charge in [-0.1, -0.05) is 12.2 Å². The summed E-state index contributed by atoms with van der Waals surface area (Å²) in [5.74, 6) is 0.940. The normalized spacial score (nSPS) is 26.2. The summed E-state index contributed by atoms with van der Waals surface area (Å²) in [6.45, 7) is 8.35. The second-order valence-electron chi connectivity index (χ2n) is 5.43. The van der Waals surface area contributed by atoms with Gasteiger partial charge in [0.2, 0.25) is 0 Å². The summed E-state index contributed by atoms with van der Waals surface area (Å²) in [6.07, 6.45) is 10.1. The molecule has 3 nitrogen and oxygen atoms in total. The number of hydrogen-bond donors (Lipinski definition) is 2. The zero-order valence-electron chi connectivity index (χ0n) is 11.0. The Morgan fingerprint density at radius 2 is 2.12 bits per heavy atom. The number of ether oxygens (including phenoxy) is 1. The lowest BCUT2D eigenvalue weighted by atomic mass is 9.94. The summed E-state index contributed by atoms with van der Waals surface area (Å²) in [4.78, 5) is 1.74. The van der Waals surface area contributed by atoms with Gasteiger partial charge in [0.25, 0.3) is 0 Å². The van der Waals surface area contributed by atoms with Gasteiger partial charge >= 0.3 is 0 Å². The zero-order chi connectivity index (χ0) is 11.8. The van der Waals surface area contributed by atoms with Gasteiger partial charge in [0.05, 0.1) is 32.8 Å². The molecule has 3 N–H and O–H groups in total. The lowest BCUT2D eigenvalue weighted by Gasteiger charge is -2.23. The second kappa shape index (κ2) is 7.85. The molecule has 1 atom stereocenters. The molecule has 17 heavy (non-hydrogen) atoms. The van der Waals surface area contributed by atoms with Crippen LogP contribution in [0.4, 0.5) is 0 Å². The summed E-state index contributed by atoms with van der Waals surface area (Å²) in [7, 11) is 0. The van der Waals surface area contributed by atoms with E-state index in [0.717, 1.165) is 19.1 Å². The third kappa shape index (κ3) is 5.19. The zero-order valence-corrected chi connectivity index (χ0v) is 11.0. The van der Waals surface area contributed by atoms with E-state index in [0.29, 0.717) is 0 Å². The molecule has 3 heteroatoms. The van der Waals surface area contributed by atoms with Crippen molar-refractivity contribution in [3.63, 3.8) is 0 Å². The molecular weight excluding hydrogens is 212 g/mol. The fraction of sp³-hybridized carbons (Fsp3) is 0.857. The molecule has 98 valence electrons. The van der Waals surface area contributed by atoms with Crippen LogP contribution in [-0.4, -0.2) is 45.9 Å². The number of morpholine rings is 1.